The molecule has 1 amide bonds. The predicted octanol–water partition coefficient (Wildman–Crippen LogP) is 3.30. The third-order valence-electron chi connectivity index (χ3n) is 4.62. The molecule has 26 heavy (non-hydrogen) atoms. The van der Waals surface area contributed by atoms with Crippen molar-refractivity contribution in [1.82, 2.24) is 24.8 Å². The van der Waals surface area contributed by atoms with Gasteiger partial charge in [-0.25, -0.2) is 9.97 Å². The fraction of sp³-hybridized carbons (Fsp3) is 0.150. The van der Waals surface area contributed by atoms with E-state index in [1.165, 1.54) is 11.1 Å². The summed E-state index contributed by atoms with van der Waals surface area (Å²) in [6.45, 7) is 4.56. The van der Waals surface area contributed by atoms with Crippen molar-refractivity contribution in [2.24, 2.45) is 0 Å². The molecule has 0 unspecified atom stereocenters. The quantitative estimate of drug-likeness (QED) is 0.596. The molecule has 0 fully saturated rings. The summed E-state index contributed by atoms with van der Waals surface area (Å²) < 4.78 is 1.83. The van der Waals surface area contributed by atoms with E-state index in [9.17, 15) is 4.79 Å². The van der Waals surface area contributed by atoms with Crippen LogP contribution < -0.4 is 5.32 Å². The lowest BCUT2D eigenvalue weighted by molar-refractivity contribution is 0.0946. The number of aromatic amines is 1. The first-order valence-electron chi connectivity index (χ1n) is 8.42. The maximum atomic E-state index is 12.5. The summed E-state index contributed by atoms with van der Waals surface area (Å²) in [4.78, 5) is 24.0. The second-order valence-corrected chi connectivity index (χ2v) is 6.33. The molecule has 0 bridgehead atoms. The molecule has 6 nitrogen and oxygen atoms in total. The third kappa shape index (κ3) is 2.97. The van der Waals surface area contributed by atoms with E-state index in [4.69, 9.17) is 0 Å². The monoisotopic (exact) mass is 345 g/mol. The van der Waals surface area contributed by atoms with Crippen LogP contribution in [0, 0.1) is 13.8 Å². The Hall–Kier alpha value is -3.41. The van der Waals surface area contributed by atoms with Gasteiger partial charge in [0.25, 0.3) is 5.91 Å². The van der Waals surface area contributed by atoms with Crippen LogP contribution in [0.4, 0.5) is 0 Å². The summed E-state index contributed by atoms with van der Waals surface area (Å²) in [7, 11) is 0. The van der Waals surface area contributed by atoms with Gasteiger partial charge in [0.2, 0.25) is 0 Å². The number of carbonyl (C=O) groups is 1. The fourth-order valence-corrected chi connectivity index (χ4v) is 2.93. The molecule has 6 heteroatoms. The minimum absolute atomic E-state index is 0.128. The number of imidazole rings is 1. The van der Waals surface area contributed by atoms with E-state index in [0.717, 1.165) is 22.3 Å². The highest BCUT2D eigenvalue weighted by atomic mass is 16.1. The smallest absolute Gasteiger partial charge is 0.267 e. The van der Waals surface area contributed by atoms with E-state index in [0.29, 0.717) is 12.2 Å². The van der Waals surface area contributed by atoms with Crippen molar-refractivity contribution in [1.29, 1.82) is 0 Å². The Morgan fingerprint density at radius 3 is 2.85 bits per heavy atom. The van der Waals surface area contributed by atoms with Gasteiger partial charge < -0.3 is 10.3 Å². The normalized spacial score (nSPS) is 11.0. The van der Waals surface area contributed by atoms with Crippen molar-refractivity contribution in [3.05, 3.63) is 77.6 Å². The first-order chi connectivity index (χ1) is 12.6. The number of amides is 1. The molecule has 0 aliphatic rings. The minimum atomic E-state index is -0.128. The number of aryl methyl sites for hydroxylation is 2. The summed E-state index contributed by atoms with van der Waals surface area (Å²) in [6, 6.07) is 9.82. The van der Waals surface area contributed by atoms with Crippen LogP contribution >= 0.6 is 0 Å². The Labute approximate surface area is 150 Å². The van der Waals surface area contributed by atoms with Crippen molar-refractivity contribution in [3.8, 4) is 5.82 Å². The van der Waals surface area contributed by atoms with E-state index in [-0.39, 0.29) is 5.91 Å². The number of carbonyl (C=O) groups excluding carboxylic acids is 1. The first kappa shape index (κ1) is 16.1. The van der Waals surface area contributed by atoms with Gasteiger partial charge >= 0.3 is 0 Å². The Morgan fingerprint density at radius 2 is 2.12 bits per heavy atom. The Balaban J connectivity index is 1.46. The van der Waals surface area contributed by atoms with Crippen molar-refractivity contribution >= 4 is 16.8 Å². The number of pyridine rings is 1. The molecule has 0 atom stereocenters. The maximum absolute atomic E-state index is 12.5. The molecule has 0 spiro atoms. The lowest BCUT2D eigenvalue weighted by Gasteiger charge is -2.05. The second kappa shape index (κ2) is 6.48. The number of hydrogen-bond acceptors (Lipinski definition) is 3. The fourth-order valence-electron chi connectivity index (χ4n) is 2.93. The van der Waals surface area contributed by atoms with Gasteiger partial charge in [-0.05, 0) is 48.7 Å². The van der Waals surface area contributed by atoms with Crippen LogP contribution in [0.25, 0.3) is 16.7 Å². The van der Waals surface area contributed by atoms with E-state index in [2.05, 4.69) is 40.2 Å². The molecule has 0 aliphatic heterocycles. The molecule has 3 heterocycles. The van der Waals surface area contributed by atoms with E-state index >= 15 is 0 Å². The van der Waals surface area contributed by atoms with Gasteiger partial charge in [-0.2, -0.15) is 0 Å². The zero-order chi connectivity index (χ0) is 18.1. The highest BCUT2D eigenvalue weighted by Gasteiger charge is 2.11. The summed E-state index contributed by atoms with van der Waals surface area (Å²) in [6.07, 6.45) is 7.00. The SMILES string of the molecule is Cc1ccc2[nH]c(C(=O)NCc3ccc(-n4ccnc4)nc3)cc2c1C. The number of hydrogen-bond donors (Lipinski definition) is 2. The number of nitrogens with one attached hydrogen (secondary N) is 2. The molecule has 0 saturated heterocycles. The molecule has 3 aromatic heterocycles. The van der Waals surface area contributed by atoms with Crippen LogP contribution in [0.5, 0.6) is 0 Å². The number of nitrogens with zero attached hydrogens (tertiary/aromatic N) is 3. The Morgan fingerprint density at radius 1 is 1.23 bits per heavy atom. The van der Waals surface area contributed by atoms with E-state index < -0.39 is 0 Å². The van der Waals surface area contributed by atoms with Gasteiger partial charge in [0.15, 0.2) is 0 Å². The van der Waals surface area contributed by atoms with Gasteiger partial charge in [-0.15, -0.1) is 0 Å². The topological polar surface area (TPSA) is 75.6 Å². The number of H-pyrrole nitrogens is 1. The van der Waals surface area contributed by atoms with Crippen LogP contribution in [-0.2, 0) is 6.54 Å². The van der Waals surface area contributed by atoms with Crippen LogP contribution in [0.1, 0.15) is 27.2 Å². The zero-order valence-electron chi connectivity index (χ0n) is 14.7. The number of aromatic nitrogens is 4. The molecule has 0 saturated carbocycles. The van der Waals surface area contributed by atoms with Gasteiger partial charge in [0.1, 0.15) is 17.8 Å². The lowest BCUT2D eigenvalue weighted by Crippen LogP contribution is -2.23. The van der Waals surface area contributed by atoms with Crippen molar-refractivity contribution in [2.75, 3.05) is 0 Å². The zero-order valence-corrected chi connectivity index (χ0v) is 14.7. The van der Waals surface area contributed by atoms with Crippen LogP contribution in [-0.4, -0.2) is 25.4 Å². The summed E-state index contributed by atoms with van der Waals surface area (Å²) in [5.74, 6) is 0.663. The average molecular weight is 345 g/mol. The van der Waals surface area contributed by atoms with Gasteiger partial charge in [-0.3, -0.25) is 9.36 Å². The molecule has 130 valence electrons. The lowest BCUT2D eigenvalue weighted by atomic mass is 10.1. The summed E-state index contributed by atoms with van der Waals surface area (Å²) >= 11 is 0. The van der Waals surface area contributed by atoms with Crippen LogP contribution in [0.3, 0.4) is 0 Å². The largest absolute Gasteiger partial charge is 0.351 e. The maximum Gasteiger partial charge on any atom is 0.267 e. The standard InChI is InChI=1S/C20H19N5O/c1-13-3-5-17-16(14(13)2)9-18(24-17)20(26)23-11-15-4-6-19(22-10-15)25-8-7-21-12-25/h3-10,12,24H,11H2,1-2H3,(H,23,26). The molecule has 2 N–H and O–H groups in total. The molecule has 0 radical (unpaired) electrons. The number of rotatable bonds is 4. The predicted molar refractivity (Wildman–Crippen MR) is 100 cm³/mol. The van der Waals surface area contributed by atoms with Crippen molar-refractivity contribution < 1.29 is 4.79 Å². The second-order valence-electron chi connectivity index (χ2n) is 6.33. The highest BCUT2D eigenvalue weighted by Crippen LogP contribution is 2.22. The van der Waals surface area contributed by atoms with E-state index in [1.807, 2.05) is 35.0 Å². The van der Waals surface area contributed by atoms with Gasteiger partial charge in [-0.1, -0.05) is 12.1 Å². The van der Waals surface area contributed by atoms with E-state index in [1.54, 1.807) is 18.7 Å². The molecular weight excluding hydrogens is 326 g/mol. The Kier molecular flexibility index (Phi) is 4.01. The highest BCUT2D eigenvalue weighted by molar-refractivity contribution is 5.99. The summed E-state index contributed by atoms with van der Waals surface area (Å²) in [5, 5.41) is 4.02. The van der Waals surface area contributed by atoms with Crippen LogP contribution in [0.2, 0.25) is 0 Å². The molecule has 4 rings (SSSR count). The molecule has 0 aliphatic carbocycles. The average Bonchev–Trinajstić information content (AvgIpc) is 3.33. The summed E-state index contributed by atoms with van der Waals surface area (Å²) in [5.41, 5.74) is 4.89. The van der Waals surface area contributed by atoms with Gasteiger partial charge in [0.05, 0.1) is 0 Å². The van der Waals surface area contributed by atoms with Gasteiger partial charge in [0, 0.05) is 36.0 Å². The van der Waals surface area contributed by atoms with Crippen molar-refractivity contribution in [3.63, 3.8) is 0 Å². The third-order valence-corrected chi connectivity index (χ3v) is 4.62. The Bertz CT molecular complexity index is 1060. The molecule has 4 aromatic rings. The number of benzene rings is 1. The first-order valence-corrected chi connectivity index (χ1v) is 8.42. The minimum Gasteiger partial charge on any atom is -0.351 e. The van der Waals surface area contributed by atoms with Crippen molar-refractivity contribution in [2.45, 2.75) is 20.4 Å². The molecular formula is C20H19N5O. The number of fused-ring (bicyclic) bond motifs is 1. The molecule has 1 aromatic carbocycles. The van der Waals surface area contributed by atoms with Crippen LogP contribution in [0.15, 0.2) is 55.2 Å².